The minimum Gasteiger partial charge on any atom is -0.463 e. The van der Waals surface area contributed by atoms with Crippen LogP contribution in [0.15, 0.2) is 94.7 Å². The number of rotatable bonds is 9. The van der Waals surface area contributed by atoms with E-state index in [2.05, 4.69) is 20.9 Å². The molecule has 3 heterocycles. The van der Waals surface area contributed by atoms with E-state index < -0.39 is 0 Å². The average molecular weight is 479 g/mol. The molecule has 6 heteroatoms. The van der Waals surface area contributed by atoms with E-state index in [0.29, 0.717) is 23.1 Å². The van der Waals surface area contributed by atoms with Crippen molar-refractivity contribution in [2.24, 2.45) is 0 Å². The summed E-state index contributed by atoms with van der Waals surface area (Å²) in [6.45, 7) is 2.09. The molecule has 0 saturated carbocycles. The molecule has 0 spiro atoms. The van der Waals surface area contributed by atoms with E-state index in [1.54, 1.807) is 18.7 Å². The number of anilines is 1. The lowest BCUT2D eigenvalue weighted by Gasteiger charge is -2.22. The maximum absolute atomic E-state index is 13.4. The number of hydrogen-bond acceptors (Lipinski definition) is 6. The van der Waals surface area contributed by atoms with Crippen LogP contribution in [-0.4, -0.2) is 35.5 Å². The lowest BCUT2D eigenvalue weighted by Crippen LogP contribution is -2.27. The topological polar surface area (TPSA) is 62.5 Å². The highest BCUT2D eigenvalue weighted by molar-refractivity contribution is 6.03. The van der Waals surface area contributed by atoms with Crippen molar-refractivity contribution in [2.45, 2.75) is 25.9 Å². The first kappa shape index (κ1) is 23.7. The molecule has 36 heavy (non-hydrogen) atoms. The van der Waals surface area contributed by atoms with Crippen molar-refractivity contribution in [3.05, 3.63) is 112 Å². The van der Waals surface area contributed by atoms with E-state index in [9.17, 15) is 4.79 Å². The average Bonchev–Trinajstić information content (AvgIpc) is 2.91. The first-order valence-corrected chi connectivity index (χ1v) is 12.2. The van der Waals surface area contributed by atoms with Crippen molar-refractivity contribution in [1.82, 2.24) is 14.9 Å². The van der Waals surface area contributed by atoms with Crippen LogP contribution in [0.3, 0.4) is 0 Å². The smallest absolute Gasteiger partial charge is 0.197 e. The first-order chi connectivity index (χ1) is 17.6. The molecule has 0 bridgehead atoms. The molecule has 0 aliphatic rings. The lowest BCUT2D eigenvalue weighted by atomic mass is 10.1. The summed E-state index contributed by atoms with van der Waals surface area (Å²) in [6, 6.07) is 20.1. The summed E-state index contributed by atoms with van der Waals surface area (Å²) < 4.78 is 6.04. The van der Waals surface area contributed by atoms with Crippen LogP contribution >= 0.6 is 0 Å². The van der Waals surface area contributed by atoms with Crippen molar-refractivity contribution in [1.29, 1.82) is 0 Å². The van der Waals surface area contributed by atoms with Gasteiger partial charge < -0.3 is 9.32 Å². The maximum atomic E-state index is 13.4. The fourth-order valence-corrected chi connectivity index (χ4v) is 4.55. The SMILES string of the molecule is CN(C)c1ccc(CCCN(Cc2ccncc2)Cc2coc3c(ccc4ccccc43)c2=O)cn1. The summed E-state index contributed by atoms with van der Waals surface area (Å²) >= 11 is 0. The van der Waals surface area contributed by atoms with Crippen molar-refractivity contribution in [3.8, 4) is 0 Å². The van der Waals surface area contributed by atoms with Gasteiger partial charge in [0.05, 0.1) is 11.6 Å². The highest BCUT2D eigenvalue weighted by atomic mass is 16.3. The number of aromatic nitrogens is 2. The summed E-state index contributed by atoms with van der Waals surface area (Å²) in [4.78, 5) is 26.4. The minimum absolute atomic E-state index is 0.0326. The number of hydrogen-bond donors (Lipinski definition) is 0. The van der Waals surface area contributed by atoms with Gasteiger partial charge in [0.25, 0.3) is 0 Å². The van der Waals surface area contributed by atoms with Crippen LogP contribution in [0.25, 0.3) is 21.7 Å². The molecule has 0 fully saturated rings. The van der Waals surface area contributed by atoms with E-state index in [1.165, 1.54) is 5.56 Å². The van der Waals surface area contributed by atoms with Gasteiger partial charge in [-0.05, 0) is 60.2 Å². The zero-order chi connectivity index (χ0) is 24.9. The second-order valence-electron chi connectivity index (χ2n) is 9.34. The first-order valence-electron chi connectivity index (χ1n) is 12.2. The summed E-state index contributed by atoms with van der Waals surface area (Å²) in [6.07, 6.45) is 9.08. The van der Waals surface area contributed by atoms with Gasteiger partial charge in [-0.15, -0.1) is 0 Å². The van der Waals surface area contributed by atoms with Crippen molar-refractivity contribution in [3.63, 3.8) is 0 Å². The molecule has 0 aliphatic carbocycles. The minimum atomic E-state index is 0.0326. The van der Waals surface area contributed by atoms with Crippen molar-refractivity contribution < 1.29 is 4.42 Å². The van der Waals surface area contributed by atoms with Gasteiger partial charge in [0.1, 0.15) is 11.4 Å². The van der Waals surface area contributed by atoms with Gasteiger partial charge in [-0.2, -0.15) is 0 Å². The largest absolute Gasteiger partial charge is 0.463 e. The number of benzene rings is 2. The van der Waals surface area contributed by atoms with E-state index in [-0.39, 0.29) is 5.43 Å². The van der Waals surface area contributed by atoms with Crippen LogP contribution in [0.5, 0.6) is 0 Å². The molecular formula is C30H30N4O2. The van der Waals surface area contributed by atoms with Gasteiger partial charge in [-0.25, -0.2) is 4.98 Å². The molecular weight excluding hydrogens is 448 g/mol. The van der Waals surface area contributed by atoms with Crippen LogP contribution in [-0.2, 0) is 19.5 Å². The van der Waals surface area contributed by atoms with Gasteiger partial charge >= 0.3 is 0 Å². The Hall–Kier alpha value is -4.03. The number of aryl methyl sites for hydroxylation is 1. The molecule has 3 aromatic heterocycles. The van der Waals surface area contributed by atoms with E-state index in [0.717, 1.165) is 48.1 Å². The second-order valence-corrected chi connectivity index (χ2v) is 9.34. The van der Waals surface area contributed by atoms with E-state index in [4.69, 9.17) is 4.42 Å². The number of fused-ring (bicyclic) bond motifs is 3. The lowest BCUT2D eigenvalue weighted by molar-refractivity contribution is 0.251. The quantitative estimate of drug-likeness (QED) is 0.263. The summed E-state index contributed by atoms with van der Waals surface area (Å²) in [5.74, 6) is 0.953. The predicted molar refractivity (Wildman–Crippen MR) is 145 cm³/mol. The van der Waals surface area contributed by atoms with Crippen LogP contribution in [0.4, 0.5) is 5.82 Å². The standard InChI is InChI=1S/C30H30N4O2/c1-33(2)28-12-9-22(18-32-28)6-5-17-34(19-23-13-15-31-16-14-23)20-25-21-36-30-26-8-4-3-7-24(26)10-11-27(30)29(25)35/h3-4,7-16,18,21H,5-6,17,19-20H2,1-2H3. The van der Waals surface area contributed by atoms with Crippen molar-refractivity contribution >= 4 is 27.6 Å². The molecule has 5 rings (SSSR count). The van der Waals surface area contributed by atoms with E-state index in [1.807, 2.05) is 79.8 Å². The Bertz CT molecular complexity index is 1510. The molecule has 0 unspecified atom stereocenters. The predicted octanol–water partition coefficient (Wildman–Crippen LogP) is 5.44. The summed E-state index contributed by atoms with van der Waals surface area (Å²) in [7, 11) is 3.98. The molecule has 0 aliphatic heterocycles. The molecule has 2 aromatic carbocycles. The maximum Gasteiger partial charge on any atom is 0.197 e. The zero-order valence-electron chi connectivity index (χ0n) is 20.7. The zero-order valence-corrected chi connectivity index (χ0v) is 20.7. The van der Waals surface area contributed by atoms with Gasteiger partial charge in [0.15, 0.2) is 5.43 Å². The molecule has 0 saturated heterocycles. The molecule has 6 nitrogen and oxygen atoms in total. The Morgan fingerprint density at radius 2 is 1.69 bits per heavy atom. The monoisotopic (exact) mass is 478 g/mol. The van der Waals surface area contributed by atoms with Gasteiger partial charge in [-0.3, -0.25) is 14.7 Å². The molecule has 0 amide bonds. The highest BCUT2D eigenvalue weighted by Gasteiger charge is 2.14. The summed E-state index contributed by atoms with van der Waals surface area (Å²) in [5.41, 5.74) is 3.73. The fourth-order valence-electron chi connectivity index (χ4n) is 4.55. The third-order valence-corrected chi connectivity index (χ3v) is 6.49. The van der Waals surface area contributed by atoms with Crippen LogP contribution in [0, 0.1) is 0 Å². The molecule has 5 aromatic rings. The highest BCUT2D eigenvalue weighted by Crippen LogP contribution is 2.24. The Morgan fingerprint density at radius 1 is 0.861 bits per heavy atom. The molecule has 0 radical (unpaired) electrons. The second kappa shape index (κ2) is 10.7. The number of nitrogens with zero attached hydrogens (tertiary/aromatic N) is 4. The van der Waals surface area contributed by atoms with Crippen molar-refractivity contribution in [2.75, 3.05) is 25.5 Å². The van der Waals surface area contributed by atoms with Crippen LogP contribution in [0.2, 0.25) is 0 Å². The number of pyridine rings is 2. The Labute approximate surface area is 210 Å². The van der Waals surface area contributed by atoms with Gasteiger partial charge in [0, 0.05) is 56.7 Å². The summed E-state index contributed by atoms with van der Waals surface area (Å²) in [5, 5.41) is 2.65. The Morgan fingerprint density at radius 3 is 2.47 bits per heavy atom. The Balaban J connectivity index is 1.36. The third-order valence-electron chi connectivity index (χ3n) is 6.49. The van der Waals surface area contributed by atoms with Crippen LogP contribution < -0.4 is 10.3 Å². The fraction of sp³-hybridized carbons (Fsp3) is 0.233. The van der Waals surface area contributed by atoms with E-state index >= 15 is 0 Å². The Kier molecular flexibility index (Phi) is 7.05. The third kappa shape index (κ3) is 5.29. The van der Waals surface area contributed by atoms with Gasteiger partial charge in [0.2, 0.25) is 0 Å². The molecule has 0 atom stereocenters. The van der Waals surface area contributed by atoms with Crippen LogP contribution in [0.1, 0.15) is 23.1 Å². The normalized spacial score (nSPS) is 11.4. The molecule has 182 valence electrons. The molecule has 0 N–H and O–H groups in total. The van der Waals surface area contributed by atoms with Gasteiger partial charge in [-0.1, -0.05) is 36.4 Å².